The third-order valence-corrected chi connectivity index (χ3v) is 14.8. The largest absolute Gasteiger partial charge is 0.0599 e. The summed E-state index contributed by atoms with van der Waals surface area (Å²) in [6, 6.07) is 0. The minimum Gasteiger partial charge on any atom is -0.0599 e. The fraction of sp³-hybridized carbons (Fsp3) is 1.00. The van der Waals surface area contributed by atoms with Gasteiger partial charge in [0.1, 0.15) is 0 Å². The standard InChI is InChI=1S/C14H28.C13H26.C12H24.C11H22/c1-12(2,3)14(13(4,5)6)10-8-7-9-11-14;1-12(2,3)10-8-7-9-11(10)13(4,5)6;1-11(2,3)9-7-8-10(9)12(4,5)6;1-10(2,3)8-7-9(8)11(4,5)6/h7-11H2,1-6H3;10-11H,7-9H2,1-6H3;9-10H,7-8H2,1-6H3;8-9H,7H2,1-6H3. The molecule has 0 aliphatic heterocycles. The summed E-state index contributed by atoms with van der Waals surface area (Å²) in [5, 5.41) is 0. The second-order valence-electron chi connectivity index (χ2n) is 26.7. The van der Waals surface area contributed by atoms with E-state index in [0.29, 0.717) is 48.7 Å². The third-order valence-electron chi connectivity index (χ3n) is 14.8. The summed E-state index contributed by atoms with van der Waals surface area (Å²) in [5.41, 5.74) is 4.60. The first-order valence-corrected chi connectivity index (χ1v) is 21.9. The van der Waals surface area contributed by atoms with Crippen LogP contribution in [0, 0.1) is 84.2 Å². The Kier molecular flexibility index (Phi) is 15.7. The average Bonchev–Trinajstić information content (AvgIpc) is 3.50. The Bertz CT molecular complexity index is 900. The Labute approximate surface area is 320 Å². The molecule has 0 N–H and O–H groups in total. The molecule has 4 aliphatic carbocycles. The first kappa shape index (κ1) is 48.0. The van der Waals surface area contributed by atoms with Gasteiger partial charge in [0.15, 0.2) is 0 Å². The van der Waals surface area contributed by atoms with Gasteiger partial charge in [0.2, 0.25) is 0 Å². The van der Waals surface area contributed by atoms with Crippen molar-refractivity contribution >= 4 is 0 Å². The predicted octanol–water partition coefficient (Wildman–Crippen LogP) is 17.3. The smallest absolute Gasteiger partial charge is 0.0200 e. The summed E-state index contributed by atoms with van der Waals surface area (Å²) < 4.78 is 0. The van der Waals surface area contributed by atoms with Gasteiger partial charge in [-0.15, -0.1) is 0 Å². The van der Waals surface area contributed by atoms with Crippen molar-refractivity contribution in [1.82, 2.24) is 0 Å². The van der Waals surface area contributed by atoms with Crippen LogP contribution in [-0.2, 0) is 0 Å². The quantitative estimate of drug-likeness (QED) is 0.236. The van der Waals surface area contributed by atoms with Crippen LogP contribution < -0.4 is 0 Å². The first-order valence-electron chi connectivity index (χ1n) is 21.9. The highest BCUT2D eigenvalue weighted by Crippen LogP contribution is 2.60. The summed E-state index contributed by atoms with van der Waals surface area (Å²) in [7, 11) is 0. The van der Waals surface area contributed by atoms with Crippen LogP contribution in [0.1, 0.15) is 237 Å². The zero-order valence-electron chi connectivity index (χ0n) is 39.7. The summed E-state index contributed by atoms with van der Waals surface area (Å²) in [6.07, 6.45) is 15.9. The fourth-order valence-electron chi connectivity index (χ4n) is 11.5. The summed E-state index contributed by atoms with van der Waals surface area (Å²) in [5.74, 6) is 5.74. The Morgan fingerprint density at radius 3 is 0.680 bits per heavy atom. The molecule has 0 heteroatoms. The third kappa shape index (κ3) is 13.4. The van der Waals surface area contributed by atoms with Crippen LogP contribution in [0.2, 0.25) is 0 Å². The van der Waals surface area contributed by atoms with Crippen LogP contribution in [-0.4, -0.2) is 0 Å². The predicted molar refractivity (Wildman–Crippen MR) is 230 cm³/mol. The Morgan fingerprint density at radius 1 is 0.280 bits per heavy atom. The molecule has 4 fully saturated rings. The Morgan fingerprint density at radius 2 is 0.520 bits per heavy atom. The molecule has 6 unspecified atom stereocenters. The molecule has 0 bridgehead atoms. The fourth-order valence-corrected chi connectivity index (χ4v) is 11.5. The van der Waals surface area contributed by atoms with E-state index in [-0.39, 0.29) is 0 Å². The lowest BCUT2D eigenvalue weighted by Crippen LogP contribution is -2.47. The van der Waals surface area contributed by atoms with E-state index in [2.05, 4.69) is 166 Å². The van der Waals surface area contributed by atoms with Gasteiger partial charge < -0.3 is 0 Å². The summed E-state index contributed by atoms with van der Waals surface area (Å²) in [4.78, 5) is 0. The molecular formula is C50H100. The molecule has 300 valence electrons. The molecule has 6 atom stereocenters. The molecule has 0 amide bonds. The molecular weight excluding hydrogens is 601 g/mol. The van der Waals surface area contributed by atoms with Crippen LogP contribution in [0.5, 0.6) is 0 Å². The number of rotatable bonds is 0. The molecule has 50 heavy (non-hydrogen) atoms. The zero-order valence-corrected chi connectivity index (χ0v) is 39.7. The molecule has 0 aromatic rings. The van der Waals surface area contributed by atoms with Gasteiger partial charge in [-0.05, 0) is 129 Å². The van der Waals surface area contributed by atoms with Gasteiger partial charge in [-0.3, -0.25) is 0 Å². The van der Waals surface area contributed by atoms with Crippen molar-refractivity contribution in [2.75, 3.05) is 0 Å². The van der Waals surface area contributed by atoms with Crippen molar-refractivity contribution in [3.8, 4) is 0 Å². The molecule has 4 saturated carbocycles. The molecule has 4 aliphatic rings. The minimum atomic E-state index is 0.450. The molecule has 0 nitrogen and oxygen atoms in total. The van der Waals surface area contributed by atoms with Crippen molar-refractivity contribution in [1.29, 1.82) is 0 Å². The molecule has 0 radical (unpaired) electrons. The highest BCUT2D eigenvalue weighted by Gasteiger charge is 2.51. The van der Waals surface area contributed by atoms with Crippen LogP contribution in [0.25, 0.3) is 0 Å². The van der Waals surface area contributed by atoms with Crippen LogP contribution >= 0.6 is 0 Å². The van der Waals surface area contributed by atoms with Crippen molar-refractivity contribution < 1.29 is 0 Å². The molecule has 0 spiro atoms. The van der Waals surface area contributed by atoms with Gasteiger partial charge in [-0.1, -0.05) is 192 Å². The maximum Gasteiger partial charge on any atom is -0.0200 e. The van der Waals surface area contributed by atoms with Crippen molar-refractivity contribution in [3.05, 3.63) is 0 Å². The van der Waals surface area contributed by atoms with Crippen molar-refractivity contribution in [2.45, 2.75) is 237 Å². The van der Waals surface area contributed by atoms with E-state index in [9.17, 15) is 0 Å². The van der Waals surface area contributed by atoms with E-state index >= 15 is 0 Å². The molecule has 0 heterocycles. The van der Waals surface area contributed by atoms with E-state index in [1.165, 1.54) is 70.6 Å². The zero-order chi connectivity index (χ0) is 39.7. The topological polar surface area (TPSA) is 0 Å². The first-order chi connectivity index (χ1) is 21.9. The lowest BCUT2D eigenvalue weighted by Gasteiger charge is -2.56. The van der Waals surface area contributed by atoms with Gasteiger partial charge in [0, 0.05) is 0 Å². The van der Waals surface area contributed by atoms with Gasteiger partial charge in [0.25, 0.3) is 0 Å². The molecule has 4 rings (SSSR count). The summed E-state index contributed by atoms with van der Waals surface area (Å²) >= 11 is 0. The maximum atomic E-state index is 2.43. The monoisotopic (exact) mass is 701 g/mol. The molecule has 0 aromatic heterocycles. The van der Waals surface area contributed by atoms with E-state index in [1.807, 2.05) is 0 Å². The van der Waals surface area contributed by atoms with Gasteiger partial charge >= 0.3 is 0 Å². The molecule has 0 saturated heterocycles. The lowest BCUT2D eigenvalue weighted by molar-refractivity contribution is -0.0638. The average molecular weight is 701 g/mol. The Balaban J connectivity index is 0.000000335. The van der Waals surface area contributed by atoms with Crippen molar-refractivity contribution in [3.63, 3.8) is 0 Å². The normalized spacial score (nSPS) is 29.3. The second kappa shape index (κ2) is 16.4. The van der Waals surface area contributed by atoms with Crippen LogP contribution in [0.4, 0.5) is 0 Å². The van der Waals surface area contributed by atoms with Gasteiger partial charge in [0.05, 0.1) is 0 Å². The van der Waals surface area contributed by atoms with Gasteiger partial charge in [-0.25, -0.2) is 0 Å². The SMILES string of the molecule is CC(C)(C)C1(C(C)(C)C)CCCCC1.CC(C)(C)C1CC1C(C)(C)C.CC(C)(C)C1CCC1C(C)(C)C.CC(C)(C)C1CCCC1C(C)(C)C. The Hall–Kier alpha value is 0. The van der Waals surface area contributed by atoms with Crippen LogP contribution in [0.15, 0.2) is 0 Å². The van der Waals surface area contributed by atoms with E-state index in [1.54, 1.807) is 0 Å². The number of hydrogen-bond acceptors (Lipinski definition) is 0. The lowest BCUT2D eigenvalue weighted by atomic mass is 9.49. The van der Waals surface area contributed by atoms with E-state index < -0.39 is 0 Å². The van der Waals surface area contributed by atoms with Crippen LogP contribution in [0.3, 0.4) is 0 Å². The second-order valence-corrected chi connectivity index (χ2v) is 26.7. The van der Waals surface area contributed by atoms with E-state index in [0.717, 1.165) is 35.5 Å². The summed E-state index contributed by atoms with van der Waals surface area (Å²) in [6.45, 7) is 57.5. The molecule has 0 aromatic carbocycles. The van der Waals surface area contributed by atoms with E-state index in [4.69, 9.17) is 0 Å². The number of hydrogen-bond donors (Lipinski definition) is 0. The van der Waals surface area contributed by atoms with Gasteiger partial charge in [-0.2, -0.15) is 0 Å². The highest BCUT2D eigenvalue weighted by molar-refractivity contribution is 5.01. The minimum absolute atomic E-state index is 0.450. The highest BCUT2D eigenvalue weighted by atomic mass is 14.6. The van der Waals surface area contributed by atoms with Crippen molar-refractivity contribution in [2.24, 2.45) is 84.2 Å². The maximum absolute atomic E-state index is 2.43.